The highest BCUT2D eigenvalue weighted by molar-refractivity contribution is 6.31. The van der Waals surface area contributed by atoms with Crippen molar-refractivity contribution in [3.8, 4) is 0 Å². The van der Waals surface area contributed by atoms with Gasteiger partial charge in [-0.05, 0) is 24.6 Å². The lowest BCUT2D eigenvalue weighted by molar-refractivity contribution is 0.252. The molecule has 0 unspecified atom stereocenters. The van der Waals surface area contributed by atoms with Crippen molar-refractivity contribution >= 4 is 23.3 Å². The number of benzene rings is 1. The molecule has 1 aromatic carbocycles. The third-order valence-corrected chi connectivity index (χ3v) is 2.27. The zero-order valence-corrected chi connectivity index (χ0v) is 9.27. The first kappa shape index (κ1) is 11.8. The van der Waals surface area contributed by atoms with E-state index in [1.807, 2.05) is 13.0 Å². The molecule has 15 heavy (non-hydrogen) atoms. The Bertz CT molecular complexity index is 355. The molecule has 2 amide bonds. The van der Waals surface area contributed by atoms with Gasteiger partial charge in [0, 0.05) is 23.8 Å². The number of nitrogens with two attached hydrogens (primary N) is 1. The normalized spacial score (nSPS) is 9.80. The number of carbonyl (C=O) groups excluding carboxylic acids is 1. The topological polar surface area (TPSA) is 67.2 Å². The minimum atomic E-state index is -0.277. The smallest absolute Gasteiger partial charge is 0.319 e. The van der Waals surface area contributed by atoms with Gasteiger partial charge in [-0.1, -0.05) is 17.7 Å². The monoisotopic (exact) mass is 227 g/mol. The summed E-state index contributed by atoms with van der Waals surface area (Å²) in [5.74, 6) is 0. The number of urea groups is 1. The fourth-order valence-electron chi connectivity index (χ4n) is 1.03. The fraction of sp³-hybridized carbons (Fsp3) is 0.300. The van der Waals surface area contributed by atoms with Gasteiger partial charge in [0.25, 0.3) is 0 Å². The van der Waals surface area contributed by atoms with E-state index in [2.05, 4.69) is 10.6 Å². The first-order valence-electron chi connectivity index (χ1n) is 4.64. The molecule has 0 aliphatic carbocycles. The summed E-state index contributed by atoms with van der Waals surface area (Å²) in [6, 6.07) is 5.07. The molecule has 0 aromatic heterocycles. The van der Waals surface area contributed by atoms with Crippen LogP contribution >= 0.6 is 11.6 Å². The van der Waals surface area contributed by atoms with Crippen molar-refractivity contribution in [1.29, 1.82) is 0 Å². The van der Waals surface area contributed by atoms with Crippen molar-refractivity contribution in [1.82, 2.24) is 5.32 Å². The summed E-state index contributed by atoms with van der Waals surface area (Å²) in [6.07, 6.45) is 0. The molecule has 0 saturated carbocycles. The van der Waals surface area contributed by atoms with Crippen LogP contribution in [0.15, 0.2) is 18.2 Å². The lowest BCUT2D eigenvalue weighted by Crippen LogP contribution is -2.32. The molecule has 0 atom stereocenters. The average Bonchev–Trinajstić information content (AvgIpc) is 2.20. The Morgan fingerprint density at radius 1 is 1.53 bits per heavy atom. The Morgan fingerprint density at radius 3 is 2.87 bits per heavy atom. The number of nitrogens with one attached hydrogen (secondary N) is 2. The number of anilines is 1. The number of halogens is 1. The lowest BCUT2D eigenvalue weighted by atomic mass is 10.2. The maximum Gasteiger partial charge on any atom is 0.319 e. The number of rotatable bonds is 3. The Kier molecular flexibility index (Phi) is 4.39. The second-order valence-electron chi connectivity index (χ2n) is 3.13. The van der Waals surface area contributed by atoms with E-state index in [-0.39, 0.29) is 6.03 Å². The summed E-state index contributed by atoms with van der Waals surface area (Å²) < 4.78 is 0. The maximum atomic E-state index is 11.2. The van der Waals surface area contributed by atoms with Crippen LogP contribution in [-0.4, -0.2) is 19.1 Å². The third kappa shape index (κ3) is 3.77. The Labute approximate surface area is 93.8 Å². The molecule has 0 saturated heterocycles. The first-order chi connectivity index (χ1) is 7.13. The number of aryl methyl sites for hydroxylation is 1. The van der Waals surface area contributed by atoms with Crippen molar-refractivity contribution < 1.29 is 4.79 Å². The molecule has 0 fully saturated rings. The predicted octanol–water partition coefficient (Wildman–Crippen LogP) is 1.73. The zero-order chi connectivity index (χ0) is 11.3. The fourth-order valence-corrected chi connectivity index (χ4v) is 1.21. The van der Waals surface area contributed by atoms with Crippen LogP contribution in [0.1, 0.15) is 5.56 Å². The van der Waals surface area contributed by atoms with Gasteiger partial charge in [-0.2, -0.15) is 0 Å². The Morgan fingerprint density at radius 2 is 2.27 bits per heavy atom. The van der Waals surface area contributed by atoms with E-state index >= 15 is 0 Å². The van der Waals surface area contributed by atoms with E-state index in [1.54, 1.807) is 12.1 Å². The molecule has 0 bridgehead atoms. The van der Waals surface area contributed by atoms with Gasteiger partial charge in [0.1, 0.15) is 0 Å². The maximum absolute atomic E-state index is 11.2. The molecule has 0 aliphatic rings. The zero-order valence-electron chi connectivity index (χ0n) is 8.51. The molecule has 0 heterocycles. The highest BCUT2D eigenvalue weighted by atomic mass is 35.5. The van der Waals surface area contributed by atoms with Crippen LogP contribution in [0.4, 0.5) is 10.5 Å². The van der Waals surface area contributed by atoms with Crippen LogP contribution in [0.25, 0.3) is 0 Å². The minimum Gasteiger partial charge on any atom is -0.337 e. The van der Waals surface area contributed by atoms with Gasteiger partial charge in [-0.3, -0.25) is 0 Å². The Balaban J connectivity index is 2.57. The van der Waals surface area contributed by atoms with E-state index in [4.69, 9.17) is 17.3 Å². The van der Waals surface area contributed by atoms with Crippen LogP contribution in [0.5, 0.6) is 0 Å². The van der Waals surface area contributed by atoms with Crippen LogP contribution in [-0.2, 0) is 0 Å². The summed E-state index contributed by atoms with van der Waals surface area (Å²) in [7, 11) is 0. The van der Waals surface area contributed by atoms with Gasteiger partial charge in [0.05, 0.1) is 0 Å². The number of amides is 2. The van der Waals surface area contributed by atoms with E-state index in [1.165, 1.54) is 0 Å². The summed E-state index contributed by atoms with van der Waals surface area (Å²) in [4.78, 5) is 11.2. The van der Waals surface area contributed by atoms with Crippen molar-refractivity contribution in [2.45, 2.75) is 6.92 Å². The number of carbonyl (C=O) groups is 1. The first-order valence-corrected chi connectivity index (χ1v) is 5.02. The van der Waals surface area contributed by atoms with Crippen LogP contribution in [0.2, 0.25) is 5.02 Å². The summed E-state index contributed by atoms with van der Waals surface area (Å²) >= 11 is 5.91. The summed E-state index contributed by atoms with van der Waals surface area (Å²) in [6.45, 7) is 2.77. The van der Waals surface area contributed by atoms with E-state index in [0.717, 1.165) is 5.56 Å². The van der Waals surface area contributed by atoms with Crippen molar-refractivity contribution in [2.75, 3.05) is 18.4 Å². The van der Waals surface area contributed by atoms with E-state index in [0.29, 0.717) is 23.8 Å². The average molecular weight is 228 g/mol. The SMILES string of the molecule is Cc1ccc(NC(=O)NCCN)cc1Cl. The van der Waals surface area contributed by atoms with Crippen molar-refractivity contribution in [3.05, 3.63) is 28.8 Å². The number of hydrogen-bond donors (Lipinski definition) is 3. The molecular weight excluding hydrogens is 214 g/mol. The standard InChI is InChI=1S/C10H14ClN3O/c1-7-2-3-8(6-9(7)11)14-10(15)13-5-4-12/h2-3,6H,4-5,12H2,1H3,(H2,13,14,15). The minimum absolute atomic E-state index is 0.277. The molecule has 5 heteroatoms. The van der Waals surface area contributed by atoms with Gasteiger partial charge < -0.3 is 16.4 Å². The summed E-state index contributed by atoms with van der Waals surface area (Å²) in [5, 5.41) is 5.88. The molecule has 1 aromatic rings. The van der Waals surface area contributed by atoms with E-state index < -0.39 is 0 Å². The molecule has 4 nitrogen and oxygen atoms in total. The molecule has 0 aliphatic heterocycles. The molecule has 0 radical (unpaired) electrons. The molecular formula is C10H14ClN3O. The van der Waals surface area contributed by atoms with Crippen LogP contribution in [0.3, 0.4) is 0 Å². The number of hydrogen-bond acceptors (Lipinski definition) is 2. The second kappa shape index (κ2) is 5.58. The molecule has 0 spiro atoms. The van der Waals surface area contributed by atoms with E-state index in [9.17, 15) is 4.79 Å². The lowest BCUT2D eigenvalue weighted by Gasteiger charge is -2.07. The van der Waals surface area contributed by atoms with Gasteiger partial charge in [-0.25, -0.2) is 4.79 Å². The van der Waals surface area contributed by atoms with Crippen LogP contribution < -0.4 is 16.4 Å². The Hall–Kier alpha value is -1.26. The quantitative estimate of drug-likeness (QED) is 0.736. The highest BCUT2D eigenvalue weighted by Crippen LogP contribution is 2.19. The van der Waals surface area contributed by atoms with Crippen molar-refractivity contribution in [2.24, 2.45) is 5.73 Å². The van der Waals surface area contributed by atoms with Gasteiger partial charge in [0.15, 0.2) is 0 Å². The largest absolute Gasteiger partial charge is 0.337 e. The van der Waals surface area contributed by atoms with Crippen LogP contribution in [0, 0.1) is 6.92 Å². The van der Waals surface area contributed by atoms with Gasteiger partial charge >= 0.3 is 6.03 Å². The highest BCUT2D eigenvalue weighted by Gasteiger charge is 2.01. The molecule has 4 N–H and O–H groups in total. The van der Waals surface area contributed by atoms with Crippen molar-refractivity contribution in [3.63, 3.8) is 0 Å². The molecule has 1 rings (SSSR count). The predicted molar refractivity (Wildman–Crippen MR) is 62.3 cm³/mol. The van der Waals surface area contributed by atoms with Gasteiger partial charge in [-0.15, -0.1) is 0 Å². The molecule has 82 valence electrons. The third-order valence-electron chi connectivity index (χ3n) is 1.86. The summed E-state index contributed by atoms with van der Waals surface area (Å²) in [5.41, 5.74) is 6.89. The second-order valence-corrected chi connectivity index (χ2v) is 3.54. The van der Waals surface area contributed by atoms with Gasteiger partial charge in [0.2, 0.25) is 0 Å².